The van der Waals surface area contributed by atoms with Crippen molar-refractivity contribution in [3.8, 4) is 0 Å². The molecule has 0 amide bonds. The summed E-state index contributed by atoms with van der Waals surface area (Å²) >= 11 is 10.9. The molecule has 0 aromatic carbocycles. The Kier molecular flexibility index (Phi) is 5.12. The quantitative estimate of drug-likeness (QED) is 0.529. The van der Waals surface area contributed by atoms with E-state index in [1.807, 2.05) is 0 Å². The van der Waals surface area contributed by atoms with Gasteiger partial charge in [-0.1, -0.05) is 6.92 Å². The highest BCUT2D eigenvalue weighted by molar-refractivity contribution is 6.18. The van der Waals surface area contributed by atoms with E-state index in [2.05, 4.69) is 6.92 Å². The minimum Gasteiger partial charge on any atom is -0.127 e. The van der Waals surface area contributed by atoms with E-state index in [0.717, 1.165) is 18.2 Å². The van der Waals surface area contributed by atoms with Gasteiger partial charge in [0, 0.05) is 11.8 Å². The highest BCUT2D eigenvalue weighted by Gasteiger charge is 1.95. The third kappa shape index (κ3) is 4.43. The molecule has 0 spiro atoms. The van der Waals surface area contributed by atoms with Crippen LogP contribution in [0.4, 0.5) is 0 Å². The summed E-state index contributed by atoms with van der Waals surface area (Å²) in [6.07, 6.45) is 1.03. The first-order valence-electron chi connectivity index (χ1n) is 2.43. The minimum absolute atomic E-state index is 0.583. The molecule has 0 saturated heterocycles. The average molecular weight is 141 g/mol. The van der Waals surface area contributed by atoms with Gasteiger partial charge in [0.15, 0.2) is 0 Å². The highest BCUT2D eigenvalue weighted by Crippen LogP contribution is 2.03. The Balaban J connectivity index is 2.83. The predicted molar refractivity (Wildman–Crippen MR) is 35.2 cm³/mol. The fraction of sp³-hybridized carbons (Fsp3) is 1.00. The van der Waals surface area contributed by atoms with Crippen LogP contribution in [0.2, 0.25) is 0 Å². The van der Waals surface area contributed by atoms with E-state index < -0.39 is 0 Å². The van der Waals surface area contributed by atoms with Crippen molar-refractivity contribution in [3.63, 3.8) is 0 Å². The van der Waals surface area contributed by atoms with Gasteiger partial charge in [0.05, 0.1) is 0 Å². The van der Waals surface area contributed by atoms with E-state index in [4.69, 9.17) is 23.2 Å². The number of hydrogen-bond acceptors (Lipinski definition) is 0. The van der Waals surface area contributed by atoms with Crippen LogP contribution in [0.5, 0.6) is 0 Å². The van der Waals surface area contributed by atoms with E-state index in [9.17, 15) is 0 Å². The first-order chi connectivity index (χ1) is 3.31. The van der Waals surface area contributed by atoms with Crippen LogP contribution in [0.1, 0.15) is 13.3 Å². The molecule has 0 saturated carbocycles. The molecule has 0 nitrogen and oxygen atoms in total. The van der Waals surface area contributed by atoms with Crippen molar-refractivity contribution in [2.45, 2.75) is 13.3 Å². The lowest BCUT2D eigenvalue weighted by molar-refractivity contribution is 0.637. The molecule has 0 bridgehead atoms. The maximum Gasteiger partial charge on any atom is 0.0249 e. The van der Waals surface area contributed by atoms with Crippen LogP contribution in [-0.2, 0) is 0 Å². The molecule has 2 heteroatoms. The summed E-state index contributed by atoms with van der Waals surface area (Å²) in [6, 6.07) is 0. The van der Waals surface area contributed by atoms with Crippen molar-refractivity contribution >= 4 is 23.2 Å². The third-order valence-electron chi connectivity index (χ3n) is 0.865. The summed E-state index contributed by atoms with van der Waals surface area (Å²) in [5, 5.41) is 0. The monoisotopic (exact) mass is 140 g/mol. The Morgan fingerprint density at radius 1 is 1.43 bits per heavy atom. The molecule has 0 aromatic heterocycles. The summed E-state index contributed by atoms with van der Waals surface area (Å²) in [4.78, 5) is 0. The fourth-order valence-electron chi connectivity index (χ4n) is 0.263. The second-order valence-electron chi connectivity index (χ2n) is 1.74. The molecular formula is C5H10Cl2. The largest absolute Gasteiger partial charge is 0.127 e. The van der Waals surface area contributed by atoms with Gasteiger partial charge in [-0.05, 0) is 12.3 Å². The van der Waals surface area contributed by atoms with Gasteiger partial charge in [0.1, 0.15) is 0 Å². The topological polar surface area (TPSA) is 0 Å². The first-order valence-corrected chi connectivity index (χ1v) is 3.50. The summed E-state index contributed by atoms with van der Waals surface area (Å²) in [7, 11) is 0. The maximum atomic E-state index is 5.47. The molecule has 0 N–H and O–H groups in total. The highest BCUT2D eigenvalue weighted by atomic mass is 35.5. The average Bonchev–Trinajstić information content (AvgIpc) is 1.68. The lowest BCUT2D eigenvalue weighted by atomic mass is 10.2. The second-order valence-corrected chi connectivity index (χ2v) is 2.42. The summed E-state index contributed by atoms with van der Waals surface area (Å²) in [5.74, 6) is 2.04. The summed E-state index contributed by atoms with van der Waals surface area (Å²) in [6.45, 7) is 2.09. The summed E-state index contributed by atoms with van der Waals surface area (Å²) in [5.41, 5.74) is 0. The number of alkyl halides is 2. The second kappa shape index (κ2) is 4.73. The van der Waals surface area contributed by atoms with Gasteiger partial charge in [-0.25, -0.2) is 0 Å². The molecule has 0 radical (unpaired) electrons. The number of halogens is 2. The molecule has 0 heterocycles. The van der Waals surface area contributed by atoms with Crippen LogP contribution < -0.4 is 0 Å². The molecule has 0 aliphatic rings. The van der Waals surface area contributed by atoms with Gasteiger partial charge in [-0.3, -0.25) is 0 Å². The van der Waals surface area contributed by atoms with Crippen LogP contribution in [-0.4, -0.2) is 11.8 Å². The standard InChI is InChI=1S/C5H10Cl2/c1-5(4-7)2-3-6/h5H,2-4H2,1H3/t5-/m1/s1. The van der Waals surface area contributed by atoms with Crippen molar-refractivity contribution in [2.75, 3.05) is 11.8 Å². The van der Waals surface area contributed by atoms with Gasteiger partial charge < -0.3 is 0 Å². The van der Waals surface area contributed by atoms with Gasteiger partial charge >= 0.3 is 0 Å². The maximum absolute atomic E-state index is 5.47. The molecule has 7 heavy (non-hydrogen) atoms. The molecule has 44 valence electrons. The zero-order valence-corrected chi connectivity index (χ0v) is 5.97. The third-order valence-corrected chi connectivity index (χ3v) is 1.61. The van der Waals surface area contributed by atoms with Crippen molar-refractivity contribution in [1.82, 2.24) is 0 Å². The Morgan fingerprint density at radius 3 is 2.14 bits per heavy atom. The van der Waals surface area contributed by atoms with Crippen LogP contribution in [0.25, 0.3) is 0 Å². The fourth-order valence-corrected chi connectivity index (χ4v) is 0.790. The van der Waals surface area contributed by atoms with Crippen LogP contribution in [0.15, 0.2) is 0 Å². The minimum atomic E-state index is 0.583. The molecule has 0 fully saturated rings. The molecule has 1 atom stereocenters. The molecule has 0 aliphatic heterocycles. The van der Waals surface area contributed by atoms with Crippen molar-refractivity contribution in [1.29, 1.82) is 0 Å². The Hall–Kier alpha value is 0.580. The zero-order valence-electron chi connectivity index (χ0n) is 4.45. The Bertz CT molecular complexity index is 37.1. The van der Waals surface area contributed by atoms with Crippen molar-refractivity contribution in [3.05, 3.63) is 0 Å². The van der Waals surface area contributed by atoms with Gasteiger partial charge in [-0.15, -0.1) is 23.2 Å². The lowest BCUT2D eigenvalue weighted by Gasteiger charge is -2.00. The summed E-state index contributed by atoms with van der Waals surface area (Å²) < 4.78 is 0. The van der Waals surface area contributed by atoms with Crippen LogP contribution in [0.3, 0.4) is 0 Å². The van der Waals surface area contributed by atoms with Gasteiger partial charge in [0.25, 0.3) is 0 Å². The van der Waals surface area contributed by atoms with Crippen molar-refractivity contribution in [2.24, 2.45) is 5.92 Å². The molecule has 0 aliphatic carbocycles. The predicted octanol–water partition coefficient (Wildman–Crippen LogP) is 2.49. The van der Waals surface area contributed by atoms with Crippen LogP contribution in [0, 0.1) is 5.92 Å². The number of hydrogen-bond donors (Lipinski definition) is 0. The van der Waals surface area contributed by atoms with E-state index >= 15 is 0 Å². The van der Waals surface area contributed by atoms with Gasteiger partial charge in [-0.2, -0.15) is 0 Å². The molecule has 0 unspecified atom stereocenters. The lowest BCUT2D eigenvalue weighted by Crippen LogP contribution is -1.95. The zero-order chi connectivity index (χ0) is 5.70. The van der Waals surface area contributed by atoms with E-state index in [-0.39, 0.29) is 0 Å². The van der Waals surface area contributed by atoms with Crippen LogP contribution >= 0.6 is 23.2 Å². The van der Waals surface area contributed by atoms with Crippen molar-refractivity contribution < 1.29 is 0 Å². The molecular weight excluding hydrogens is 131 g/mol. The van der Waals surface area contributed by atoms with E-state index in [0.29, 0.717) is 5.92 Å². The Morgan fingerprint density at radius 2 is 2.00 bits per heavy atom. The van der Waals surface area contributed by atoms with Gasteiger partial charge in [0.2, 0.25) is 0 Å². The van der Waals surface area contributed by atoms with E-state index in [1.54, 1.807) is 0 Å². The first kappa shape index (κ1) is 7.58. The smallest absolute Gasteiger partial charge is 0.0249 e. The normalized spacial score (nSPS) is 14.1. The Labute approximate surface area is 54.8 Å². The SMILES string of the molecule is C[C@@H](CCl)CCCl. The molecule has 0 aromatic rings. The number of rotatable bonds is 3. The molecule has 0 rings (SSSR count). The van der Waals surface area contributed by atoms with E-state index in [1.165, 1.54) is 0 Å².